The first kappa shape index (κ1) is 14.8. The lowest BCUT2D eigenvalue weighted by Crippen LogP contribution is -2.29. The van der Waals surface area contributed by atoms with Gasteiger partial charge in [-0.3, -0.25) is 9.78 Å². The Bertz CT molecular complexity index is 734. The van der Waals surface area contributed by atoms with E-state index >= 15 is 0 Å². The fourth-order valence-corrected chi connectivity index (χ4v) is 2.37. The molecule has 1 aromatic carbocycles. The van der Waals surface area contributed by atoms with E-state index in [1.165, 1.54) is 6.20 Å². The van der Waals surface area contributed by atoms with E-state index in [0.29, 0.717) is 12.1 Å². The second-order valence-corrected chi connectivity index (χ2v) is 5.27. The van der Waals surface area contributed by atoms with Gasteiger partial charge in [-0.15, -0.1) is 0 Å². The van der Waals surface area contributed by atoms with Crippen molar-refractivity contribution in [3.8, 4) is 6.07 Å². The number of nitriles is 1. The van der Waals surface area contributed by atoms with Crippen molar-refractivity contribution in [1.29, 1.82) is 5.26 Å². The summed E-state index contributed by atoms with van der Waals surface area (Å²) in [6, 6.07) is 7.98. The Morgan fingerprint density at radius 1 is 1.52 bits per heavy atom. The molecule has 108 valence electrons. The van der Waals surface area contributed by atoms with Crippen LogP contribution in [0.2, 0.25) is 0 Å². The number of aryl methyl sites for hydroxylation is 1. The quantitative estimate of drug-likeness (QED) is 0.933. The van der Waals surface area contributed by atoms with Crippen molar-refractivity contribution in [3.05, 3.63) is 35.5 Å². The summed E-state index contributed by atoms with van der Waals surface area (Å²) in [5.74, 6) is -1.37. The van der Waals surface area contributed by atoms with Crippen molar-refractivity contribution < 1.29 is 9.90 Å². The van der Waals surface area contributed by atoms with Gasteiger partial charge in [0.1, 0.15) is 6.07 Å². The molecule has 0 spiro atoms. The minimum absolute atomic E-state index is 0.330. The van der Waals surface area contributed by atoms with Gasteiger partial charge < -0.3 is 10.0 Å². The van der Waals surface area contributed by atoms with Crippen LogP contribution in [0.15, 0.2) is 24.4 Å². The predicted molar refractivity (Wildman–Crippen MR) is 81.3 cm³/mol. The van der Waals surface area contributed by atoms with Crippen molar-refractivity contribution in [1.82, 2.24) is 4.98 Å². The topological polar surface area (TPSA) is 77.2 Å². The molecule has 1 atom stereocenters. The van der Waals surface area contributed by atoms with E-state index < -0.39 is 11.9 Å². The standard InChI is InChI=1S/C16H17N3O2/c1-10-4-5-14-13(6-10)15(12(7-17)8-18-14)19(3)9-11(2)16(20)21/h4-6,8,11H,9H2,1-3H3,(H,20,21). The number of rotatable bonds is 4. The van der Waals surface area contributed by atoms with Gasteiger partial charge in [0.25, 0.3) is 0 Å². The van der Waals surface area contributed by atoms with Crippen LogP contribution in [0.25, 0.3) is 10.9 Å². The minimum Gasteiger partial charge on any atom is -0.481 e. The van der Waals surface area contributed by atoms with Gasteiger partial charge in [0.05, 0.1) is 22.7 Å². The summed E-state index contributed by atoms with van der Waals surface area (Å²) >= 11 is 0. The van der Waals surface area contributed by atoms with Gasteiger partial charge >= 0.3 is 5.97 Å². The molecule has 1 N–H and O–H groups in total. The number of pyridine rings is 1. The van der Waals surface area contributed by atoms with Crippen LogP contribution in [-0.2, 0) is 4.79 Å². The van der Waals surface area contributed by atoms with Crippen LogP contribution in [0.5, 0.6) is 0 Å². The van der Waals surface area contributed by atoms with Crippen LogP contribution >= 0.6 is 0 Å². The van der Waals surface area contributed by atoms with Gasteiger partial charge in [-0.1, -0.05) is 18.6 Å². The molecule has 5 heteroatoms. The molecule has 21 heavy (non-hydrogen) atoms. The zero-order chi connectivity index (χ0) is 15.6. The number of carbonyl (C=O) groups is 1. The first-order valence-corrected chi connectivity index (χ1v) is 6.67. The second-order valence-electron chi connectivity index (χ2n) is 5.27. The summed E-state index contributed by atoms with van der Waals surface area (Å²) in [4.78, 5) is 17.1. The minimum atomic E-state index is -0.852. The smallest absolute Gasteiger partial charge is 0.308 e. The van der Waals surface area contributed by atoms with E-state index in [1.54, 1.807) is 14.0 Å². The first-order chi connectivity index (χ1) is 9.93. The number of anilines is 1. The number of carboxylic acids is 1. The van der Waals surface area contributed by atoms with Crippen molar-refractivity contribution in [2.24, 2.45) is 5.92 Å². The number of aromatic nitrogens is 1. The van der Waals surface area contributed by atoms with Crippen LogP contribution in [-0.4, -0.2) is 29.7 Å². The number of carboxylic acid groups (broad SMARTS) is 1. The maximum Gasteiger partial charge on any atom is 0.308 e. The summed E-state index contributed by atoms with van der Waals surface area (Å²) in [5.41, 5.74) is 3.05. The summed E-state index contributed by atoms with van der Waals surface area (Å²) in [5, 5.41) is 19.2. The normalized spacial score (nSPS) is 11.9. The van der Waals surface area contributed by atoms with Gasteiger partial charge in [-0.2, -0.15) is 5.26 Å². The number of hydrogen-bond acceptors (Lipinski definition) is 4. The second kappa shape index (κ2) is 5.80. The Labute approximate surface area is 123 Å². The number of fused-ring (bicyclic) bond motifs is 1. The molecule has 0 saturated carbocycles. The van der Waals surface area contributed by atoms with E-state index in [4.69, 9.17) is 5.11 Å². The fraction of sp³-hybridized carbons (Fsp3) is 0.312. The molecule has 2 aromatic rings. The van der Waals surface area contributed by atoms with E-state index in [-0.39, 0.29) is 0 Å². The zero-order valence-corrected chi connectivity index (χ0v) is 12.3. The summed E-state index contributed by atoms with van der Waals surface area (Å²) in [6.45, 7) is 3.96. The van der Waals surface area contributed by atoms with Gasteiger partial charge in [0.15, 0.2) is 0 Å². The van der Waals surface area contributed by atoms with Gasteiger partial charge in [0, 0.05) is 25.2 Å². The van der Waals surface area contributed by atoms with Crippen LogP contribution in [0.3, 0.4) is 0 Å². The highest BCUT2D eigenvalue weighted by Gasteiger charge is 2.18. The Morgan fingerprint density at radius 3 is 2.86 bits per heavy atom. The van der Waals surface area contributed by atoms with Crippen molar-refractivity contribution in [2.75, 3.05) is 18.5 Å². The Hall–Kier alpha value is -2.61. The molecule has 0 aliphatic carbocycles. The van der Waals surface area contributed by atoms with E-state index in [0.717, 1.165) is 22.2 Å². The monoisotopic (exact) mass is 283 g/mol. The van der Waals surface area contributed by atoms with Gasteiger partial charge in [0.2, 0.25) is 0 Å². The van der Waals surface area contributed by atoms with Crippen molar-refractivity contribution in [3.63, 3.8) is 0 Å². The molecule has 0 aliphatic heterocycles. The van der Waals surface area contributed by atoms with Crippen LogP contribution in [0.4, 0.5) is 5.69 Å². The summed E-state index contributed by atoms with van der Waals surface area (Å²) < 4.78 is 0. The Kier molecular flexibility index (Phi) is 4.08. The molecule has 1 unspecified atom stereocenters. The van der Waals surface area contributed by atoms with E-state index in [2.05, 4.69) is 11.1 Å². The number of nitrogens with zero attached hydrogens (tertiary/aromatic N) is 3. The maximum absolute atomic E-state index is 11.0. The summed E-state index contributed by atoms with van der Waals surface area (Å²) in [6.07, 6.45) is 1.54. The molecule has 0 fully saturated rings. The molecular formula is C16H17N3O2. The highest BCUT2D eigenvalue weighted by atomic mass is 16.4. The van der Waals surface area contributed by atoms with Crippen molar-refractivity contribution in [2.45, 2.75) is 13.8 Å². The van der Waals surface area contributed by atoms with E-state index in [9.17, 15) is 10.1 Å². The predicted octanol–water partition coefficient (Wildman–Crippen LogP) is 2.57. The SMILES string of the molecule is Cc1ccc2ncc(C#N)c(N(C)CC(C)C(=O)O)c2c1. The van der Waals surface area contributed by atoms with Gasteiger partial charge in [-0.25, -0.2) is 0 Å². The molecule has 0 bridgehead atoms. The van der Waals surface area contributed by atoms with E-state index in [1.807, 2.05) is 30.0 Å². The molecule has 0 saturated heterocycles. The lowest BCUT2D eigenvalue weighted by atomic mass is 10.1. The first-order valence-electron chi connectivity index (χ1n) is 6.67. The lowest BCUT2D eigenvalue weighted by Gasteiger charge is -2.24. The van der Waals surface area contributed by atoms with Crippen LogP contribution in [0, 0.1) is 24.2 Å². The molecule has 1 heterocycles. The lowest BCUT2D eigenvalue weighted by molar-refractivity contribution is -0.140. The molecule has 0 amide bonds. The number of benzene rings is 1. The third-order valence-corrected chi connectivity index (χ3v) is 3.47. The fourth-order valence-electron chi connectivity index (χ4n) is 2.37. The third-order valence-electron chi connectivity index (χ3n) is 3.47. The average molecular weight is 283 g/mol. The highest BCUT2D eigenvalue weighted by molar-refractivity contribution is 5.95. The Balaban J connectivity index is 2.57. The third kappa shape index (κ3) is 2.95. The van der Waals surface area contributed by atoms with Crippen LogP contribution in [0.1, 0.15) is 18.1 Å². The Morgan fingerprint density at radius 2 is 2.24 bits per heavy atom. The largest absolute Gasteiger partial charge is 0.481 e. The molecular weight excluding hydrogens is 266 g/mol. The maximum atomic E-state index is 11.0. The number of aliphatic carboxylic acids is 1. The molecule has 1 aromatic heterocycles. The number of hydrogen-bond donors (Lipinski definition) is 1. The van der Waals surface area contributed by atoms with Crippen LogP contribution < -0.4 is 4.90 Å². The molecule has 0 aliphatic rings. The van der Waals surface area contributed by atoms with Gasteiger partial charge in [-0.05, 0) is 19.1 Å². The van der Waals surface area contributed by atoms with Crippen molar-refractivity contribution >= 4 is 22.6 Å². The molecule has 0 radical (unpaired) electrons. The average Bonchev–Trinajstić information content (AvgIpc) is 2.45. The highest BCUT2D eigenvalue weighted by Crippen LogP contribution is 2.29. The summed E-state index contributed by atoms with van der Waals surface area (Å²) in [7, 11) is 1.80. The zero-order valence-electron chi connectivity index (χ0n) is 12.3. The molecule has 5 nitrogen and oxygen atoms in total. The molecule has 2 rings (SSSR count).